The van der Waals surface area contributed by atoms with Crippen LogP contribution in [0.25, 0.3) is 11.4 Å². The van der Waals surface area contributed by atoms with Crippen molar-refractivity contribution in [2.45, 2.75) is 0 Å². The minimum absolute atomic E-state index is 0. The van der Waals surface area contributed by atoms with Gasteiger partial charge in [0, 0.05) is 31.9 Å². The number of aromatic nitrogens is 2. The van der Waals surface area contributed by atoms with Crippen molar-refractivity contribution in [1.29, 1.82) is 0 Å². The van der Waals surface area contributed by atoms with Crippen LogP contribution in [0, 0.1) is 0 Å². The van der Waals surface area contributed by atoms with Crippen molar-refractivity contribution >= 4 is 23.2 Å². The summed E-state index contributed by atoms with van der Waals surface area (Å²) in [5, 5.41) is 0.926. The van der Waals surface area contributed by atoms with Crippen LogP contribution >= 0.6 is 23.2 Å². The van der Waals surface area contributed by atoms with Gasteiger partial charge in [0.1, 0.15) is 5.69 Å². The van der Waals surface area contributed by atoms with Gasteiger partial charge in [0.25, 0.3) is 0 Å². The summed E-state index contributed by atoms with van der Waals surface area (Å²) in [6.45, 7) is 0. The Morgan fingerprint density at radius 2 is 1.73 bits per heavy atom. The van der Waals surface area contributed by atoms with Gasteiger partial charge in [-0.25, -0.2) is 0 Å². The third kappa shape index (κ3) is 2.75. The largest absolute Gasteiger partial charge is 0.255 e. The van der Waals surface area contributed by atoms with E-state index in [1.54, 1.807) is 18.5 Å². The van der Waals surface area contributed by atoms with E-state index in [1.165, 1.54) is 0 Å². The molecule has 5 heteroatoms. The number of nitrogens with zero attached hydrogens (tertiary/aromatic N) is 2. The molecule has 0 saturated heterocycles. The molecule has 0 atom stereocenters. The maximum atomic E-state index is 5.99. The van der Waals surface area contributed by atoms with E-state index in [2.05, 4.69) is 9.97 Å². The average molecular weight is 326 g/mol. The summed E-state index contributed by atoms with van der Waals surface area (Å²) in [7, 11) is 0. The van der Waals surface area contributed by atoms with Gasteiger partial charge >= 0.3 is 0 Å². The second-order valence-corrected chi connectivity index (χ2v) is 3.46. The van der Waals surface area contributed by atoms with Crippen LogP contribution in [0.4, 0.5) is 0 Å². The van der Waals surface area contributed by atoms with Crippen molar-refractivity contribution in [2.24, 2.45) is 0 Å². The predicted molar refractivity (Wildman–Crippen MR) is 57.5 cm³/mol. The molecule has 2 rings (SSSR count). The Hall–Kier alpha value is -0.497. The van der Waals surface area contributed by atoms with E-state index >= 15 is 0 Å². The topological polar surface area (TPSA) is 25.8 Å². The fourth-order valence-electron chi connectivity index (χ4n) is 1.10. The molecule has 0 N–H and O–H groups in total. The maximum Gasteiger partial charge on any atom is 0.109 e. The molecule has 2 nitrogen and oxygen atoms in total. The Bertz CT molecular complexity index is 448. The standard InChI is InChI=1S/C10H6Cl2N2.Ru/c11-7-4-6-14-10(9(7)12)8-3-1-2-5-13-8;/h1-6H;. The van der Waals surface area contributed by atoms with Crippen molar-refractivity contribution in [2.75, 3.05) is 0 Å². The molecule has 2 aromatic rings. The second kappa shape index (κ2) is 5.55. The zero-order valence-electron chi connectivity index (χ0n) is 7.47. The third-order valence-electron chi connectivity index (χ3n) is 1.75. The van der Waals surface area contributed by atoms with E-state index in [4.69, 9.17) is 23.2 Å². The van der Waals surface area contributed by atoms with Crippen molar-refractivity contribution in [3.05, 3.63) is 46.7 Å². The number of halogens is 2. The molecule has 0 aliphatic carbocycles. The van der Waals surface area contributed by atoms with Crippen molar-refractivity contribution in [3.8, 4) is 11.4 Å². The molecule has 0 fully saturated rings. The Morgan fingerprint density at radius 1 is 0.933 bits per heavy atom. The quantitative estimate of drug-likeness (QED) is 0.750. The van der Waals surface area contributed by atoms with Gasteiger partial charge in [0.2, 0.25) is 0 Å². The van der Waals surface area contributed by atoms with Crippen LogP contribution in [0.3, 0.4) is 0 Å². The van der Waals surface area contributed by atoms with Crippen LogP contribution in [0.15, 0.2) is 36.7 Å². The van der Waals surface area contributed by atoms with Crippen LogP contribution in [-0.4, -0.2) is 9.97 Å². The first-order valence-corrected chi connectivity index (χ1v) is 4.76. The molecule has 0 amide bonds. The van der Waals surface area contributed by atoms with E-state index < -0.39 is 0 Å². The fourth-order valence-corrected chi connectivity index (χ4v) is 1.46. The number of hydrogen-bond acceptors (Lipinski definition) is 2. The maximum absolute atomic E-state index is 5.99. The van der Waals surface area contributed by atoms with E-state index in [1.807, 2.05) is 18.2 Å². The minimum atomic E-state index is 0. The summed E-state index contributed by atoms with van der Waals surface area (Å²) in [5.74, 6) is 0. The summed E-state index contributed by atoms with van der Waals surface area (Å²) < 4.78 is 0. The van der Waals surface area contributed by atoms with Crippen LogP contribution in [0.1, 0.15) is 0 Å². The summed E-state index contributed by atoms with van der Waals surface area (Å²) in [6.07, 6.45) is 3.30. The van der Waals surface area contributed by atoms with Crippen LogP contribution in [-0.2, 0) is 19.5 Å². The first-order chi connectivity index (χ1) is 6.79. The van der Waals surface area contributed by atoms with Gasteiger partial charge in [-0.2, -0.15) is 0 Å². The van der Waals surface area contributed by atoms with Gasteiger partial charge < -0.3 is 0 Å². The molecular weight excluding hydrogens is 320 g/mol. The van der Waals surface area contributed by atoms with Gasteiger partial charge in [-0.3, -0.25) is 9.97 Å². The van der Waals surface area contributed by atoms with Crippen molar-refractivity contribution in [3.63, 3.8) is 0 Å². The molecule has 0 bridgehead atoms. The summed E-state index contributed by atoms with van der Waals surface area (Å²) >= 11 is 11.9. The van der Waals surface area contributed by atoms with Gasteiger partial charge in [0.05, 0.1) is 15.7 Å². The first kappa shape index (κ1) is 12.6. The SMILES string of the molecule is Clc1ccnc(-c2ccccn2)c1Cl.[Ru]. The van der Waals surface area contributed by atoms with E-state index in [0.717, 1.165) is 5.69 Å². The van der Waals surface area contributed by atoms with Crippen LogP contribution in [0.2, 0.25) is 10.0 Å². The molecule has 0 aliphatic heterocycles. The number of pyridine rings is 2. The Labute approximate surface area is 110 Å². The monoisotopic (exact) mass is 326 g/mol. The Kier molecular flexibility index (Phi) is 4.65. The van der Waals surface area contributed by atoms with E-state index in [0.29, 0.717) is 15.7 Å². The number of hydrogen-bond donors (Lipinski definition) is 0. The van der Waals surface area contributed by atoms with Crippen LogP contribution < -0.4 is 0 Å². The molecule has 2 heterocycles. The predicted octanol–water partition coefficient (Wildman–Crippen LogP) is 3.45. The van der Waals surface area contributed by atoms with Crippen molar-refractivity contribution in [1.82, 2.24) is 9.97 Å². The van der Waals surface area contributed by atoms with Gasteiger partial charge in [-0.15, -0.1) is 0 Å². The summed E-state index contributed by atoms with van der Waals surface area (Å²) in [4.78, 5) is 8.28. The molecule has 0 aliphatic rings. The smallest absolute Gasteiger partial charge is 0.109 e. The molecule has 0 saturated carbocycles. The zero-order chi connectivity index (χ0) is 9.97. The first-order valence-electron chi connectivity index (χ1n) is 4.00. The van der Waals surface area contributed by atoms with Gasteiger partial charge in [-0.05, 0) is 18.2 Å². The molecule has 0 spiro atoms. The Balaban J connectivity index is 0.00000112. The zero-order valence-corrected chi connectivity index (χ0v) is 10.7. The normalized spacial score (nSPS) is 9.47. The molecule has 0 aromatic carbocycles. The van der Waals surface area contributed by atoms with E-state index in [-0.39, 0.29) is 19.5 Å². The molecule has 2 aromatic heterocycles. The van der Waals surface area contributed by atoms with E-state index in [9.17, 15) is 0 Å². The molecule has 78 valence electrons. The molecule has 0 radical (unpaired) electrons. The van der Waals surface area contributed by atoms with Gasteiger partial charge in [0.15, 0.2) is 0 Å². The van der Waals surface area contributed by atoms with Crippen LogP contribution in [0.5, 0.6) is 0 Å². The van der Waals surface area contributed by atoms with Crippen molar-refractivity contribution < 1.29 is 19.5 Å². The second-order valence-electron chi connectivity index (χ2n) is 2.67. The fraction of sp³-hybridized carbons (Fsp3) is 0. The summed E-state index contributed by atoms with van der Waals surface area (Å²) in [6, 6.07) is 7.20. The molecule has 0 unspecified atom stereocenters. The average Bonchev–Trinajstić information content (AvgIpc) is 2.23. The Morgan fingerprint density at radius 3 is 2.40 bits per heavy atom. The summed E-state index contributed by atoms with van der Waals surface area (Å²) in [5.41, 5.74) is 1.33. The third-order valence-corrected chi connectivity index (χ3v) is 2.54. The molecule has 15 heavy (non-hydrogen) atoms. The molecular formula is C10H6Cl2N2Ru. The minimum Gasteiger partial charge on any atom is -0.255 e. The van der Waals surface area contributed by atoms with Gasteiger partial charge in [-0.1, -0.05) is 29.3 Å². The number of rotatable bonds is 1.